The number of carbonyl (C=O) groups excluding carboxylic acids is 1. The SMILES string of the molecule is CCC(O)(CC)CNC(=O)c1cc(-c2ccco2)[nH]n1. The van der Waals surface area contributed by atoms with Crippen molar-refractivity contribution in [2.75, 3.05) is 6.54 Å². The van der Waals surface area contributed by atoms with Crippen molar-refractivity contribution in [3.8, 4) is 11.5 Å². The molecule has 0 spiro atoms. The third-order valence-electron chi connectivity index (χ3n) is 3.49. The number of carbonyl (C=O) groups is 1. The number of nitrogens with zero attached hydrogens (tertiary/aromatic N) is 1. The smallest absolute Gasteiger partial charge is 0.271 e. The Morgan fingerprint density at radius 2 is 2.25 bits per heavy atom. The molecule has 0 aliphatic heterocycles. The second-order valence-electron chi connectivity index (χ2n) is 4.76. The molecular weight excluding hydrogens is 258 g/mol. The lowest BCUT2D eigenvalue weighted by Crippen LogP contribution is -2.42. The zero-order valence-corrected chi connectivity index (χ0v) is 11.6. The third kappa shape index (κ3) is 3.08. The maximum absolute atomic E-state index is 12.0. The maximum Gasteiger partial charge on any atom is 0.271 e. The Bertz CT molecular complexity index is 556. The van der Waals surface area contributed by atoms with Gasteiger partial charge in [0.05, 0.1) is 11.9 Å². The summed E-state index contributed by atoms with van der Waals surface area (Å²) in [4.78, 5) is 12.0. The molecule has 2 aromatic rings. The van der Waals surface area contributed by atoms with Gasteiger partial charge in [-0.25, -0.2) is 0 Å². The van der Waals surface area contributed by atoms with Crippen LogP contribution < -0.4 is 5.32 Å². The van der Waals surface area contributed by atoms with Gasteiger partial charge in [0, 0.05) is 12.6 Å². The summed E-state index contributed by atoms with van der Waals surface area (Å²) in [5.74, 6) is 0.301. The van der Waals surface area contributed by atoms with Crippen molar-refractivity contribution in [2.24, 2.45) is 0 Å². The molecule has 0 fully saturated rings. The lowest BCUT2D eigenvalue weighted by molar-refractivity contribution is 0.0313. The molecule has 20 heavy (non-hydrogen) atoms. The first-order valence-electron chi connectivity index (χ1n) is 6.68. The maximum atomic E-state index is 12.0. The molecule has 2 aromatic heterocycles. The Hall–Kier alpha value is -2.08. The first kappa shape index (κ1) is 14.3. The summed E-state index contributed by atoms with van der Waals surface area (Å²) in [6, 6.07) is 5.16. The Balaban J connectivity index is 2.00. The summed E-state index contributed by atoms with van der Waals surface area (Å²) in [7, 11) is 0. The number of hydrogen-bond donors (Lipinski definition) is 3. The number of rotatable bonds is 6. The van der Waals surface area contributed by atoms with E-state index in [2.05, 4.69) is 15.5 Å². The van der Waals surface area contributed by atoms with Crippen molar-refractivity contribution < 1.29 is 14.3 Å². The average molecular weight is 277 g/mol. The number of aliphatic hydroxyl groups is 1. The molecule has 0 unspecified atom stereocenters. The van der Waals surface area contributed by atoms with Crippen LogP contribution in [0.15, 0.2) is 28.9 Å². The quantitative estimate of drug-likeness (QED) is 0.752. The first-order valence-corrected chi connectivity index (χ1v) is 6.68. The second kappa shape index (κ2) is 5.92. The number of hydrogen-bond acceptors (Lipinski definition) is 4. The highest BCUT2D eigenvalue weighted by Gasteiger charge is 2.23. The molecule has 3 N–H and O–H groups in total. The van der Waals surface area contributed by atoms with Crippen LogP contribution in [0.25, 0.3) is 11.5 Å². The molecule has 1 amide bonds. The van der Waals surface area contributed by atoms with E-state index in [1.165, 1.54) is 0 Å². The van der Waals surface area contributed by atoms with Crippen molar-refractivity contribution in [2.45, 2.75) is 32.3 Å². The molecule has 0 aromatic carbocycles. The molecular formula is C14H19N3O3. The van der Waals surface area contributed by atoms with Crippen molar-refractivity contribution >= 4 is 5.91 Å². The van der Waals surface area contributed by atoms with Gasteiger partial charge in [0.1, 0.15) is 5.69 Å². The van der Waals surface area contributed by atoms with Crippen LogP contribution in [0.3, 0.4) is 0 Å². The van der Waals surface area contributed by atoms with E-state index in [1.807, 2.05) is 13.8 Å². The Morgan fingerprint density at radius 1 is 1.50 bits per heavy atom. The van der Waals surface area contributed by atoms with Gasteiger partial charge in [-0.15, -0.1) is 0 Å². The highest BCUT2D eigenvalue weighted by Crippen LogP contribution is 2.18. The predicted molar refractivity (Wildman–Crippen MR) is 74.2 cm³/mol. The minimum Gasteiger partial charge on any atom is -0.463 e. The van der Waals surface area contributed by atoms with E-state index in [1.54, 1.807) is 24.5 Å². The largest absolute Gasteiger partial charge is 0.463 e. The molecule has 2 heterocycles. The van der Waals surface area contributed by atoms with Gasteiger partial charge in [0.25, 0.3) is 5.91 Å². The fourth-order valence-electron chi connectivity index (χ4n) is 1.83. The van der Waals surface area contributed by atoms with E-state index in [9.17, 15) is 9.90 Å². The van der Waals surface area contributed by atoms with Crippen LogP contribution in [-0.2, 0) is 0 Å². The Morgan fingerprint density at radius 3 is 2.85 bits per heavy atom. The minimum atomic E-state index is -0.865. The number of nitrogens with one attached hydrogen (secondary N) is 2. The number of aromatic nitrogens is 2. The summed E-state index contributed by atoms with van der Waals surface area (Å²) in [6.07, 6.45) is 2.72. The highest BCUT2D eigenvalue weighted by molar-refractivity contribution is 5.93. The van der Waals surface area contributed by atoms with Crippen LogP contribution in [-0.4, -0.2) is 33.4 Å². The monoisotopic (exact) mass is 277 g/mol. The van der Waals surface area contributed by atoms with Gasteiger partial charge in [-0.2, -0.15) is 5.10 Å². The van der Waals surface area contributed by atoms with E-state index >= 15 is 0 Å². The fourth-order valence-corrected chi connectivity index (χ4v) is 1.83. The summed E-state index contributed by atoms with van der Waals surface area (Å²) in [5.41, 5.74) is 0.0443. The van der Waals surface area contributed by atoms with Crippen LogP contribution in [0.2, 0.25) is 0 Å². The molecule has 6 nitrogen and oxygen atoms in total. The second-order valence-corrected chi connectivity index (χ2v) is 4.76. The first-order chi connectivity index (χ1) is 9.58. The van der Waals surface area contributed by atoms with Crippen molar-refractivity contribution in [3.05, 3.63) is 30.2 Å². The van der Waals surface area contributed by atoms with Gasteiger partial charge in [-0.3, -0.25) is 9.89 Å². The zero-order valence-electron chi connectivity index (χ0n) is 11.6. The number of furan rings is 1. The summed E-state index contributed by atoms with van der Waals surface area (Å²) >= 11 is 0. The molecule has 0 aliphatic carbocycles. The standard InChI is InChI=1S/C14H19N3O3/c1-3-14(19,4-2)9-15-13(18)11-8-10(16-17-11)12-6-5-7-20-12/h5-8,19H,3-4,9H2,1-2H3,(H,15,18)(H,16,17). The average Bonchev–Trinajstić information content (AvgIpc) is 3.14. The van der Waals surface area contributed by atoms with E-state index < -0.39 is 5.60 Å². The lowest BCUT2D eigenvalue weighted by atomic mass is 9.97. The van der Waals surface area contributed by atoms with E-state index in [0.717, 1.165) is 0 Å². The number of aromatic amines is 1. The number of amides is 1. The zero-order chi connectivity index (χ0) is 14.6. The van der Waals surface area contributed by atoms with Gasteiger partial charge < -0.3 is 14.8 Å². The molecule has 0 atom stereocenters. The van der Waals surface area contributed by atoms with Crippen LogP contribution in [0.1, 0.15) is 37.2 Å². The van der Waals surface area contributed by atoms with Crippen molar-refractivity contribution in [1.82, 2.24) is 15.5 Å². The molecule has 0 saturated carbocycles. The summed E-state index contributed by atoms with van der Waals surface area (Å²) < 4.78 is 5.22. The molecule has 108 valence electrons. The van der Waals surface area contributed by atoms with Crippen LogP contribution >= 0.6 is 0 Å². The van der Waals surface area contributed by atoms with Gasteiger partial charge in [0.15, 0.2) is 11.5 Å². The molecule has 0 saturated heterocycles. The fraction of sp³-hybridized carbons (Fsp3) is 0.429. The van der Waals surface area contributed by atoms with E-state index in [4.69, 9.17) is 4.42 Å². The number of H-pyrrole nitrogens is 1. The third-order valence-corrected chi connectivity index (χ3v) is 3.49. The van der Waals surface area contributed by atoms with Gasteiger partial charge in [-0.1, -0.05) is 13.8 Å². The topological polar surface area (TPSA) is 91.1 Å². The predicted octanol–water partition coefficient (Wildman–Crippen LogP) is 1.95. The van der Waals surface area contributed by atoms with Crippen molar-refractivity contribution in [3.63, 3.8) is 0 Å². The molecule has 0 aliphatic rings. The van der Waals surface area contributed by atoms with Crippen LogP contribution in [0.4, 0.5) is 0 Å². The molecule has 0 bridgehead atoms. The van der Waals surface area contributed by atoms with E-state index in [0.29, 0.717) is 24.3 Å². The molecule has 0 radical (unpaired) electrons. The van der Waals surface area contributed by atoms with Crippen LogP contribution in [0, 0.1) is 0 Å². The summed E-state index contributed by atoms with van der Waals surface area (Å²) in [6.45, 7) is 3.99. The van der Waals surface area contributed by atoms with E-state index in [-0.39, 0.29) is 18.1 Å². The summed E-state index contributed by atoms with van der Waals surface area (Å²) in [5, 5.41) is 19.5. The van der Waals surface area contributed by atoms with Gasteiger partial charge in [-0.05, 0) is 25.0 Å². The lowest BCUT2D eigenvalue weighted by Gasteiger charge is -2.25. The molecule has 2 rings (SSSR count). The normalized spacial score (nSPS) is 11.6. The molecule has 6 heteroatoms. The Labute approximate surface area is 117 Å². The van der Waals surface area contributed by atoms with Gasteiger partial charge in [0.2, 0.25) is 0 Å². The van der Waals surface area contributed by atoms with Crippen LogP contribution in [0.5, 0.6) is 0 Å². The van der Waals surface area contributed by atoms with Gasteiger partial charge >= 0.3 is 0 Å². The Kier molecular flexibility index (Phi) is 4.24. The highest BCUT2D eigenvalue weighted by atomic mass is 16.3. The van der Waals surface area contributed by atoms with Crippen molar-refractivity contribution in [1.29, 1.82) is 0 Å². The minimum absolute atomic E-state index is 0.210.